The van der Waals surface area contributed by atoms with Crippen LogP contribution in [0.4, 0.5) is 0 Å². The van der Waals surface area contributed by atoms with Crippen LogP contribution in [-0.4, -0.2) is 36.9 Å². The van der Waals surface area contributed by atoms with Gasteiger partial charge in [-0.3, -0.25) is 4.79 Å². The molecule has 1 aliphatic carbocycles. The second-order valence-electron chi connectivity index (χ2n) is 5.21. The second-order valence-corrected chi connectivity index (χ2v) is 5.21. The second kappa shape index (κ2) is 9.34. The molecule has 0 heterocycles. The van der Waals surface area contributed by atoms with Gasteiger partial charge in [-0.1, -0.05) is 26.2 Å². The van der Waals surface area contributed by atoms with E-state index in [1.807, 2.05) is 6.92 Å². The minimum absolute atomic E-state index is 0.462. The highest BCUT2D eigenvalue weighted by Gasteiger charge is 2.17. The van der Waals surface area contributed by atoms with Crippen molar-refractivity contribution in [1.29, 1.82) is 0 Å². The molecule has 106 valence electrons. The van der Waals surface area contributed by atoms with E-state index < -0.39 is 12.0 Å². The number of rotatable bonds is 9. The number of hydrogen-bond acceptors (Lipinski definition) is 3. The number of carboxylic acid groups (broad SMARTS) is 1. The Hall–Kier alpha value is -0.610. The number of carbonyl (C=O) groups is 1. The van der Waals surface area contributed by atoms with E-state index >= 15 is 0 Å². The summed E-state index contributed by atoms with van der Waals surface area (Å²) in [5.74, 6) is -0.0738. The van der Waals surface area contributed by atoms with E-state index in [4.69, 9.17) is 9.84 Å². The van der Waals surface area contributed by atoms with E-state index in [0.29, 0.717) is 18.9 Å². The Bertz CT molecular complexity index is 227. The summed E-state index contributed by atoms with van der Waals surface area (Å²) in [5, 5.41) is 12.1. The highest BCUT2D eigenvalue weighted by atomic mass is 16.5. The van der Waals surface area contributed by atoms with E-state index in [0.717, 1.165) is 19.6 Å². The molecule has 0 amide bonds. The number of carboxylic acids is 1. The standard InChI is InChI=1S/C14H27NO3/c1-2-9-15-13(14(16)17)8-10-18-11-12-6-4-3-5-7-12/h12-13,15H,2-11H2,1H3,(H,16,17). The first-order chi connectivity index (χ1) is 8.74. The number of ether oxygens (including phenoxy) is 1. The first-order valence-electron chi connectivity index (χ1n) is 7.28. The summed E-state index contributed by atoms with van der Waals surface area (Å²) in [6.07, 6.45) is 8.06. The van der Waals surface area contributed by atoms with E-state index in [1.165, 1.54) is 32.1 Å². The average Bonchev–Trinajstić information content (AvgIpc) is 2.38. The molecule has 1 fully saturated rings. The van der Waals surface area contributed by atoms with Crippen molar-refractivity contribution in [1.82, 2.24) is 5.32 Å². The minimum Gasteiger partial charge on any atom is -0.480 e. The molecule has 1 saturated carbocycles. The van der Waals surface area contributed by atoms with Crippen LogP contribution in [0.5, 0.6) is 0 Å². The molecule has 2 N–H and O–H groups in total. The fraction of sp³-hybridized carbons (Fsp3) is 0.929. The molecule has 0 saturated heterocycles. The Morgan fingerprint density at radius 2 is 2.11 bits per heavy atom. The van der Waals surface area contributed by atoms with Gasteiger partial charge >= 0.3 is 5.97 Å². The smallest absolute Gasteiger partial charge is 0.320 e. The minimum atomic E-state index is -0.773. The average molecular weight is 257 g/mol. The Labute approximate surface area is 110 Å². The van der Waals surface area contributed by atoms with Crippen molar-refractivity contribution in [3.63, 3.8) is 0 Å². The van der Waals surface area contributed by atoms with Crippen molar-refractivity contribution >= 4 is 5.97 Å². The normalized spacial score (nSPS) is 18.7. The van der Waals surface area contributed by atoms with Gasteiger partial charge in [-0.25, -0.2) is 0 Å². The third-order valence-electron chi connectivity index (χ3n) is 3.57. The molecule has 0 spiro atoms. The van der Waals surface area contributed by atoms with E-state index in [2.05, 4.69) is 5.32 Å². The summed E-state index contributed by atoms with van der Waals surface area (Å²) in [5.41, 5.74) is 0. The highest BCUT2D eigenvalue weighted by molar-refractivity contribution is 5.73. The van der Waals surface area contributed by atoms with Gasteiger partial charge in [0, 0.05) is 13.2 Å². The maximum atomic E-state index is 11.0. The van der Waals surface area contributed by atoms with Gasteiger partial charge in [0.2, 0.25) is 0 Å². The first-order valence-corrected chi connectivity index (χ1v) is 7.28. The molecule has 4 nitrogen and oxygen atoms in total. The zero-order valence-corrected chi connectivity index (χ0v) is 11.5. The lowest BCUT2D eigenvalue weighted by atomic mass is 9.90. The summed E-state index contributed by atoms with van der Waals surface area (Å²) in [4.78, 5) is 11.0. The molecule has 4 heteroatoms. The van der Waals surface area contributed by atoms with E-state index in [-0.39, 0.29) is 0 Å². The Morgan fingerprint density at radius 3 is 2.72 bits per heavy atom. The van der Waals surface area contributed by atoms with Gasteiger partial charge in [-0.15, -0.1) is 0 Å². The lowest BCUT2D eigenvalue weighted by Gasteiger charge is -2.21. The summed E-state index contributed by atoms with van der Waals surface area (Å²) in [6.45, 7) is 4.13. The lowest BCUT2D eigenvalue weighted by molar-refractivity contribution is -0.140. The molecular weight excluding hydrogens is 230 g/mol. The third kappa shape index (κ3) is 6.36. The zero-order valence-electron chi connectivity index (χ0n) is 11.5. The third-order valence-corrected chi connectivity index (χ3v) is 3.57. The molecule has 0 aromatic heterocycles. The van der Waals surface area contributed by atoms with Gasteiger partial charge in [-0.2, -0.15) is 0 Å². The van der Waals surface area contributed by atoms with Gasteiger partial charge in [-0.05, 0) is 38.1 Å². The monoisotopic (exact) mass is 257 g/mol. The Morgan fingerprint density at radius 1 is 1.39 bits per heavy atom. The van der Waals surface area contributed by atoms with Crippen LogP contribution in [0.1, 0.15) is 51.9 Å². The van der Waals surface area contributed by atoms with Gasteiger partial charge in [0.15, 0.2) is 0 Å². The molecule has 1 rings (SSSR count). The van der Waals surface area contributed by atoms with Crippen LogP contribution in [0.25, 0.3) is 0 Å². The van der Waals surface area contributed by atoms with Crippen molar-refractivity contribution < 1.29 is 14.6 Å². The van der Waals surface area contributed by atoms with Gasteiger partial charge in [0.1, 0.15) is 6.04 Å². The largest absolute Gasteiger partial charge is 0.480 e. The summed E-state index contributed by atoms with van der Waals surface area (Å²) in [7, 11) is 0. The van der Waals surface area contributed by atoms with Crippen molar-refractivity contribution in [2.24, 2.45) is 5.92 Å². The van der Waals surface area contributed by atoms with Crippen LogP contribution >= 0.6 is 0 Å². The quantitative estimate of drug-likeness (QED) is 0.623. The van der Waals surface area contributed by atoms with Crippen LogP contribution in [0, 0.1) is 5.92 Å². The van der Waals surface area contributed by atoms with Crippen molar-refractivity contribution in [3.8, 4) is 0 Å². The molecule has 1 unspecified atom stereocenters. The molecule has 0 bridgehead atoms. The molecule has 1 aliphatic rings. The van der Waals surface area contributed by atoms with Gasteiger partial charge < -0.3 is 15.2 Å². The Kier molecular flexibility index (Phi) is 8.01. The molecule has 0 aliphatic heterocycles. The molecule has 18 heavy (non-hydrogen) atoms. The first kappa shape index (κ1) is 15.4. The summed E-state index contributed by atoms with van der Waals surface area (Å²) >= 11 is 0. The highest BCUT2D eigenvalue weighted by Crippen LogP contribution is 2.23. The maximum Gasteiger partial charge on any atom is 0.320 e. The number of aliphatic carboxylic acids is 1. The van der Waals surface area contributed by atoms with Crippen LogP contribution in [-0.2, 0) is 9.53 Å². The van der Waals surface area contributed by atoms with Crippen LogP contribution < -0.4 is 5.32 Å². The van der Waals surface area contributed by atoms with Gasteiger partial charge in [0.05, 0.1) is 0 Å². The molecule has 0 aromatic carbocycles. The molecular formula is C14H27NO3. The fourth-order valence-corrected chi connectivity index (χ4v) is 2.44. The van der Waals surface area contributed by atoms with E-state index in [1.54, 1.807) is 0 Å². The Balaban J connectivity index is 2.08. The van der Waals surface area contributed by atoms with Crippen molar-refractivity contribution in [2.75, 3.05) is 19.8 Å². The van der Waals surface area contributed by atoms with Gasteiger partial charge in [0.25, 0.3) is 0 Å². The van der Waals surface area contributed by atoms with Crippen LogP contribution in [0.2, 0.25) is 0 Å². The van der Waals surface area contributed by atoms with E-state index in [9.17, 15) is 4.79 Å². The van der Waals surface area contributed by atoms with Crippen LogP contribution in [0.3, 0.4) is 0 Å². The van der Waals surface area contributed by atoms with Crippen molar-refractivity contribution in [3.05, 3.63) is 0 Å². The van der Waals surface area contributed by atoms with Crippen molar-refractivity contribution in [2.45, 2.75) is 57.9 Å². The maximum absolute atomic E-state index is 11.0. The summed E-state index contributed by atoms with van der Waals surface area (Å²) in [6, 6.07) is -0.462. The molecule has 1 atom stereocenters. The predicted octanol–water partition coefficient (Wildman–Crippen LogP) is 2.43. The zero-order chi connectivity index (χ0) is 13.2. The lowest BCUT2D eigenvalue weighted by Crippen LogP contribution is -2.38. The topological polar surface area (TPSA) is 58.6 Å². The summed E-state index contributed by atoms with van der Waals surface area (Å²) < 4.78 is 5.63. The molecule has 0 radical (unpaired) electrons. The number of nitrogens with one attached hydrogen (secondary N) is 1. The molecule has 0 aromatic rings. The van der Waals surface area contributed by atoms with Crippen LogP contribution in [0.15, 0.2) is 0 Å². The number of hydrogen-bond donors (Lipinski definition) is 2. The predicted molar refractivity (Wildman–Crippen MR) is 71.7 cm³/mol. The SMILES string of the molecule is CCCNC(CCOCC1CCCCC1)C(=O)O. The fourth-order valence-electron chi connectivity index (χ4n) is 2.44.